The second kappa shape index (κ2) is 5.40. The number of nitrogens with zero attached hydrogens (tertiary/aromatic N) is 1. The van der Waals surface area contributed by atoms with E-state index in [4.69, 9.17) is 0 Å². The molecule has 0 fully saturated rings. The van der Waals surface area contributed by atoms with Gasteiger partial charge in [0.1, 0.15) is 16.1 Å². The molecule has 0 radical (unpaired) electrons. The largest absolute Gasteiger partial charge is 0.317 e. The molecule has 0 atom stereocenters. The fourth-order valence-electron chi connectivity index (χ4n) is 1.39. The Bertz CT molecular complexity index is 626. The Hall–Kier alpha value is -1.89. The minimum Gasteiger partial charge on any atom is -0.317 e. The highest BCUT2D eigenvalue weighted by atomic mass is 79.9. The molecule has 0 aliphatic carbocycles. The van der Waals surface area contributed by atoms with E-state index < -0.39 is 29.0 Å². The summed E-state index contributed by atoms with van der Waals surface area (Å²) < 4.78 is 39.8. The molecular formula is C12H6BrF3N2O. The zero-order valence-electron chi connectivity index (χ0n) is 9.25. The van der Waals surface area contributed by atoms with Crippen molar-refractivity contribution in [1.29, 1.82) is 0 Å². The molecule has 2 rings (SSSR count). The van der Waals surface area contributed by atoms with Gasteiger partial charge in [0.25, 0.3) is 5.91 Å². The van der Waals surface area contributed by atoms with Gasteiger partial charge in [-0.15, -0.1) is 0 Å². The predicted molar refractivity (Wildman–Crippen MR) is 66.2 cm³/mol. The lowest BCUT2D eigenvalue weighted by Gasteiger charge is -2.07. The molecule has 1 aromatic heterocycles. The smallest absolute Gasteiger partial charge is 0.255 e. The second-order valence-corrected chi connectivity index (χ2v) is 4.38. The average Bonchev–Trinajstić information content (AvgIpc) is 2.33. The van der Waals surface area contributed by atoms with Crippen LogP contribution in [0.5, 0.6) is 0 Å². The molecule has 0 spiro atoms. The fourth-order valence-corrected chi connectivity index (χ4v) is 1.76. The Labute approximate surface area is 114 Å². The van der Waals surface area contributed by atoms with Crippen LogP contribution < -0.4 is 5.32 Å². The summed E-state index contributed by atoms with van der Waals surface area (Å²) in [4.78, 5) is 15.6. The molecule has 1 amide bonds. The van der Waals surface area contributed by atoms with Crippen LogP contribution in [0.1, 0.15) is 10.4 Å². The second-order valence-electron chi connectivity index (χ2n) is 3.57. The van der Waals surface area contributed by atoms with E-state index in [1.807, 2.05) is 5.32 Å². The highest BCUT2D eigenvalue weighted by Gasteiger charge is 2.15. The van der Waals surface area contributed by atoms with Crippen LogP contribution in [0.2, 0.25) is 0 Å². The van der Waals surface area contributed by atoms with E-state index in [0.717, 1.165) is 0 Å². The van der Waals surface area contributed by atoms with Crippen molar-refractivity contribution in [2.24, 2.45) is 0 Å². The van der Waals surface area contributed by atoms with E-state index in [1.165, 1.54) is 18.3 Å². The van der Waals surface area contributed by atoms with Gasteiger partial charge in [0.2, 0.25) is 0 Å². The van der Waals surface area contributed by atoms with Crippen molar-refractivity contribution in [3.05, 3.63) is 58.1 Å². The first-order valence-corrected chi connectivity index (χ1v) is 5.84. The summed E-state index contributed by atoms with van der Waals surface area (Å²) in [7, 11) is 0. The number of benzene rings is 1. The van der Waals surface area contributed by atoms with E-state index in [-0.39, 0.29) is 5.56 Å². The van der Waals surface area contributed by atoms with Crippen LogP contribution in [0, 0.1) is 17.5 Å². The summed E-state index contributed by atoms with van der Waals surface area (Å²) in [6.07, 6.45) is 1.36. The van der Waals surface area contributed by atoms with E-state index in [1.54, 1.807) is 0 Å². The Morgan fingerprint density at radius 1 is 1.16 bits per heavy atom. The molecule has 19 heavy (non-hydrogen) atoms. The highest BCUT2D eigenvalue weighted by Crippen LogP contribution is 2.21. The lowest BCUT2D eigenvalue weighted by molar-refractivity contribution is 0.102. The molecule has 1 N–H and O–H groups in total. The molecule has 0 saturated heterocycles. The van der Waals surface area contributed by atoms with Gasteiger partial charge in [-0.25, -0.2) is 18.2 Å². The topological polar surface area (TPSA) is 42.0 Å². The first-order chi connectivity index (χ1) is 8.97. The number of amides is 1. The summed E-state index contributed by atoms with van der Waals surface area (Å²) in [5.74, 6) is -4.15. The number of hydrogen-bond acceptors (Lipinski definition) is 2. The van der Waals surface area contributed by atoms with Gasteiger partial charge in [0.05, 0.1) is 0 Å². The third kappa shape index (κ3) is 3.11. The third-order valence-corrected chi connectivity index (χ3v) is 2.67. The van der Waals surface area contributed by atoms with Crippen molar-refractivity contribution in [1.82, 2.24) is 4.98 Å². The number of halogens is 4. The van der Waals surface area contributed by atoms with Gasteiger partial charge in [0.15, 0.2) is 11.6 Å². The number of carbonyl (C=O) groups is 1. The highest BCUT2D eigenvalue weighted by molar-refractivity contribution is 9.10. The summed E-state index contributed by atoms with van der Waals surface area (Å²) in [5, 5.41) is 2.04. The quantitative estimate of drug-likeness (QED) is 0.856. The average molecular weight is 331 g/mol. The monoisotopic (exact) mass is 330 g/mol. The summed E-state index contributed by atoms with van der Waals surface area (Å²) >= 11 is 3.07. The Balaban J connectivity index is 2.29. The van der Waals surface area contributed by atoms with Crippen molar-refractivity contribution in [3.8, 4) is 0 Å². The first-order valence-electron chi connectivity index (χ1n) is 5.05. The molecule has 1 heterocycles. The molecule has 0 unspecified atom stereocenters. The maximum absolute atomic E-state index is 13.4. The Morgan fingerprint density at radius 2 is 1.79 bits per heavy atom. The number of carbonyl (C=O) groups excluding carboxylic acids is 1. The van der Waals surface area contributed by atoms with Gasteiger partial charge in [-0.05, 0) is 28.1 Å². The van der Waals surface area contributed by atoms with Crippen LogP contribution in [0.15, 0.2) is 35.1 Å². The molecule has 7 heteroatoms. The molecule has 0 aliphatic rings. The van der Waals surface area contributed by atoms with E-state index in [2.05, 4.69) is 20.9 Å². The van der Waals surface area contributed by atoms with E-state index in [0.29, 0.717) is 16.7 Å². The standard InChI is InChI=1S/C12H6BrF3N2O/c13-10-3-6(1-2-17-10)12(19)18-11-8(15)4-7(14)5-9(11)16/h1-5H,(H,18,19). The van der Waals surface area contributed by atoms with Crippen LogP contribution in [0.25, 0.3) is 0 Å². The van der Waals surface area contributed by atoms with Crippen LogP contribution in [0.3, 0.4) is 0 Å². The number of nitrogens with one attached hydrogen (secondary N) is 1. The zero-order chi connectivity index (χ0) is 14.0. The normalized spacial score (nSPS) is 10.3. The molecule has 0 aliphatic heterocycles. The predicted octanol–water partition coefficient (Wildman–Crippen LogP) is 3.51. The molecule has 1 aromatic carbocycles. The Morgan fingerprint density at radius 3 is 2.37 bits per heavy atom. The van der Waals surface area contributed by atoms with Gasteiger partial charge < -0.3 is 5.32 Å². The lowest BCUT2D eigenvalue weighted by Crippen LogP contribution is -2.14. The minimum atomic E-state index is -1.18. The molecule has 0 saturated carbocycles. The van der Waals surface area contributed by atoms with Gasteiger partial charge in [-0.1, -0.05) is 0 Å². The van der Waals surface area contributed by atoms with Crippen LogP contribution in [-0.4, -0.2) is 10.9 Å². The molecule has 3 nitrogen and oxygen atoms in total. The molecule has 0 bridgehead atoms. The van der Waals surface area contributed by atoms with Gasteiger partial charge in [0, 0.05) is 23.9 Å². The maximum Gasteiger partial charge on any atom is 0.255 e. The number of aromatic nitrogens is 1. The SMILES string of the molecule is O=C(Nc1c(F)cc(F)cc1F)c1ccnc(Br)c1. The van der Waals surface area contributed by atoms with Crippen molar-refractivity contribution >= 4 is 27.5 Å². The third-order valence-electron chi connectivity index (χ3n) is 2.23. The number of anilines is 1. The number of rotatable bonds is 2. The van der Waals surface area contributed by atoms with Crippen molar-refractivity contribution in [3.63, 3.8) is 0 Å². The molecule has 2 aromatic rings. The van der Waals surface area contributed by atoms with Gasteiger partial charge in [-0.3, -0.25) is 4.79 Å². The van der Waals surface area contributed by atoms with E-state index >= 15 is 0 Å². The van der Waals surface area contributed by atoms with Gasteiger partial charge in [-0.2, -0.15) is 0 Å². The number of pyridine rings is 1. The maximum atomic E-state index is 13.4. The lowest BCUT2D eigenvalue weighted by atomic mass is 10.2. The van der Waals surface area contributed by atoms with Crippen molar-refractivity contribution in [2.45, 2.75) is 0 Å². The van der Waals surface area contributed by atoms with Crippen LogP contribution in [0.4, 0.5) is 18.9 Å². The summed E-state index contributed by atoms with van der Waals surface area (Å²) in [5.41, 5.74) is -0.538. The van der Waals surface area contributed by atoms with Crippen molar-refractivity contribution < 1.29 is 18.0 Å². The first kappa shape index (κ1) is 13.5. The zero-order valence-corrected chi connectivity index (χ0v) is 10.8. The summed E-state index contributed by atoms with van der Waals surface area (Å²) in [6.45, 7) is 0. The van der Waals surface area contributed by atoms with Crippen LogP contribution >= 0.6 is 15.9 Å². The molecular weight excluding hydrogens is 325 g/mol. The fraction of sp³-hybridized carbons (Fsp3) is 0. The minimum absolute atomic E-state index is 0.157. The molecule has 98 valence electrons. The van der Waals surface area contributed by atoms with Gasteiger partial charge >= 0.3 is 0 Å². The van der Waals surface area contributed by atoms with Crippen LogP contribution in [-0.2, 0) is 0 Å². The van der Waals surface area contributed by atoms with E-state index in [9.17, 15) is 18.0 Å². The summed E-state index contributed by atoms with van der Waals surface area (Å²) in [6, 6.07) is 3.73. The number of hydrogen-bond donors (Lipinski definition) is 1. The van der Waals surface area contributed by atoms with Crippen molar-refractivity contribution in [2.75, 3.05) is 5.32 Å². The Kier molecular flexibility index (Phi) is 3.84.